The molecule has 0 spiro atoms. The Morgan fingerprint density at radius 2 is 2.11 bits per heavy atom. The van der Waals surface area contributed by atoms with Crippen LogP contribution in [-0.4, -0.2) is 11.1 Å². The van der Waals surface area contributed by atoms with Crippen molar-refractivity contribution >= 4 is 60.9 Å². The molecule has 0 saturated heterocycles. The van der Waals surface area contributed by atoms with Gasteiger partial charge in [0.1, 0.15) is 0 Å². The van der Waals surface area contributed by atoms with E-state index in [4.69, 9.17) is 5.11 Å². The van der Waals surface area contributed by atoms with E-state index in [-0.39, 0.29) is 0 Å². The van der Waals surface area contributed by atoms with Crippen molar-refractivity contribution in [1.29, 1.82) is 0 Å². The fourth-order valence-electron chi connectivity index (χ4n) is 1.34. The monoisotopic (exact) mass is 406 g/mol. The largest absolute Gasteiger partial charge is 0.478 e. The Kier molecular flexibility index (Phi) is 4.89. The minimum absolute atomic E-state index is 0.298. The molecule has 1 N–H and O–H groups in total. The van der Waals surface area contributed by atoms with Crippen molar-refractivity contribution in [2.45, 2.75) is 10.6 Å². The van der Waals surface area contributed by atoms with Crippen molar-refractivity contribution < 1.29 is 9.90 Å². The predicted molar refractivity (Wildman–Crippen MR) is 82.7 cm³/mol. The van der Waals surface area contributed by atoms with E-state index < -0.39 is 5.97 Å². The summed E-state index contributed by atoms with van der Waals surface area (Å²) in [7, 11) is 0. The maximum absolute atomic E-state index is 11.0. The van der Waals surface area contributed by atoms with Crippen LogP contribution in [0, 0.1) is 0 Å². The second-order valence-electron chi connectivity index (χ2n) is 3.47. The van der Waals surface area contributed by atoms with Crippen LogP contribution in [-0.2, 0) is 5.75 Å². The van der Waals surface area contributed by atoms with E-state index in [1.165, 1.54) is 4.88 Å². The van der Waals surface area contributed by atoms with Crippen molar-refractivity contribution in [1.82, 2.24) is 0 Å². The normalized spacial score (nSPS) is 10.6. The number of benzene rings is 1. The number of thioether (sulfide) groups is 1. The molecule has 2 aromatic rings. The molecule has 1 heterocycles. The maximum Gasteiger partial charge on any atom is 0.336 e. The molecule has 6 heteroatoms. The molecule has 0 radical (unpaired) electrons. The van der Waals surface area contributed by atoms with Crippen molar-refractivity contribution in [3.05, 3.63) is 49.0 Å². The van der Waals surface area contributed by atoms with Gasteiger partial charge in [0, 0.05) is 29.9 Å². The lowest BCUT2D eigenvalue weighted by Crippen LogP contribution is -1.97. The van der Waals surface area contributed by atoms with E-state index in [2.05, 4.69) is 37.9 Å². The number of thiophene rings is 1. The number of hydrogen-bond acceptors (Lipinski definition) is 3. The van der Waals surface area contributed by atoms with Gasteiger partial charge in [0.15, 0.2) is 0 Å². The summed E-state index contributed by atoms with van der Waals surface area (Å²) in [6.07, 6.45) is 0. The third kappa shape index (κ3) is 3.60. The first-order chi connectivity index (χ1) is 8.56. The Morgan fingerprint density at radius 3 is 2.72 bits per heavy atom. The van der Waals surface area contributed by atoms with Crippen molar-refractivity contribution in [3.8, 4) is 0 Å². The zero-order chi connectivity index (χ0) is 13.1. The number of carboxylic acid groups (broad SMARTS) is 1. The molecule has 0 aliphatic rings. The molecule has 2 rings (SSSR count). The van der Waals surface area contributed by atoms with Gasteiger partial charge in [0.2, 0.25) is 0 Å². The number of hydrogen-bond donors (Lipinski definition) is 1. The fourth-order valence-corrected chi connectivity index (χ4v) is 4.20. The molecule has 0 aliphatic heterocycles. The molecule has 0 atom stereocenters. The number of rotatable bonds is 4. The first-order valence-electron chi connectivity index (χ1n) is 4.95. The molecule has 18 heavy (non-hydrogen) atoms. The molecule has 2 nitrogen and oxygen atoms in total. The van der Waals surface area contributed by atoms with Crippen LogP contribution < -0.4 is 0 Å². The molecule has 1 aromatic heterocycles. The molecule has 0 aliphatic carbocycles. The summed E-state index contributed by atoms with van der Waals surface area (Å²) in [5.41, 5.74) is 0.298. The van der Waals surface area contributed by atoms with E-state index in [0.29, 0.717) is 10.0 Å². The Bertz CT molecular complexity index is 581. The van der Waals surface area contributed by atoms with Gasteiger partial charge < -0.3 is 5.11 Å². The van der Waals surface area contributed by atoms with Gasteiger partial charge in [0.05, 0.1) is 5.56 Å². The summed E-state index contributed by atoms with van der Waals surface area (Å²) in [5.74, 6) is -0.0695. The van der Waals surface area contributed by atoms with Gasteiger partial charge in [-0.25, -0.2) is 4.79 Å². The summed E-state index contributed by atoms with van der Waals surface area (Å²) < 4.78 is 1.70. The highest BCUT2D eigenvalue weighted by Crippen LogP contribution is 2.30. The first kappa shape index (κ1) is 14.1. The van der Waals surface area contributed by atoms with Gasteiger partial charge in [-0.15, -0.1) is 23.1 Å². The van der Waals surface area contributed by atoms with Crippen LogP contribution in [0.25, 0.3) is 0 Å². The molecule has 0 fully saturated rings. The molecule has 1 aromatic carbocycles. The summed E-state index contributed by atoms with van der Waals surface area (Å²) in [4.78, 5) is 13.2. The predicted octanol–water partition coefficient (Wildman–Crippen LogP) is 5.26. The lowest BCUT2D eigenvalue weighted by molar-refractivity contribution is 0.0695. The fraction of sp³-hybridized carbons (Fsp3) is 0.0833. The second kappa shape index (κ2) is 6.23. The molecule has 0 amide bonds. The van der Waals surface area contributed by atoms with Crippen LogP contribution in [0.5, 0.6) is 0 Å². The van der Waals surface area contributed by atoms with Crippen LogP contribution >= 0.6 is 55.0 Å². The number of carboxylic acids is 1. The summed E-state index contributed by atoms with van der Waals surface area (Å²) in [6.45, 7) is 0. The molecular formula is C12H8Br2O2S2. The van der Waals surface area contributed by atoms with Gasteiger partial charge >= 0.3 is 5.97 Å². The van der Waals surface area contributed by atoms with Crippen LogP contribution in [0.2, 0.25) is 0 Å². The van der Waals surface area contributed by atoms with E-state index in [0.717, 1.165) is 15.1 Å². The highest BCUT2D eigenvalue weighted by atomic mass is 79.9. The van der Waals surface area contributed by atoms with Crippen molar-refractivity contribution in [2.75, 3.05) is 0 Å². The highest BCUT2D eigenvalue weighted by Gasteiger charge is 2.09. The van der Waals surface area contributed by atoms with Gasteiger partial charge in [-0.05, 0) is 56.1 Å². The standard InChI is InChI=1S/C12H8Br2O2S2/c13-7-3-9(17-5-7)6-18-8-1-2-11(14)10(4-8)12(15)16/h1-5H,6H2,(H,15,16). The second-order valence-corrected chi connectivity index (χ2v) is 7.28. The topological polar surface area (TPSA) is 37.3 Å². The summed E-state index contributed by atoms with van der Waals surface area (Å²) >= 11 is 9.97. The van der Waals surface area contributed by atoms with Gasteiger partial charge in [-0.2, -0.15) is 0 Å². The van der Waals surface area contributed by atoms with E-state index in [1.807, 2.05) is 11.4 Å². The first-order valence-corrected chi connectivity index (χ1v) is 8.40. The van der Waals surface area contributed by atoms with E-state index in [1.54, 1.807) is 35.2 Å². The Labute approximate surface area is 130 Å². The zero-order valence-electron chi connectivity index (χ0n) is 9.02. The minimum Gasteiger partial charge on any atom is -0.478 e. The van der Waals surface area contributed by atoms with Crippen LogP contribution in [0.15, 0.2) is 43.5 Å². The molecule has 0 unspecified atom stereocenters. The zero-order valence-corrected chi connectivity index (χ0v) is 13.8. The minimum atomic E-state index is -0.914. The molecular weight excluding hydrogens is 400 g/mol. The SMILES string of the molecule is O=C(O)c1cc(SCc2cc(Br)cs2)ccc1Br. The van der Waals surface area contributed by atoms with Crippen LogP contribution in [0.1, 0.15) is 15.2 Å². The molecule has 0 saturated carbocycles. The smallest absolute Gasteiger partial charge is 0.336 e. The van der Waals surface area contributed by atoms with Crippen molar-refractivity contribution in [2.24, 2.45) is 0 Å². The van der Waals surface area contributed by atoms with Crippen molar-refractivity contribution in [3.63, 3.8) is 0 Å². The Morgan fingerprint density at radius 1 is 1.33 bits per heavy atom. The average Bonchev–Trinajstić information content (AvgIpc) is 2.74. The average molecular weight is 408 g/mol. The van der Waals surface area contributed by atoms with Gasteiger partial charge in [-0.3, -0.25) is 0 Å². The van der Waals surface area contributed by atoms with Gasteiger partial charge in [-0.1, -0.05) is 0 Å². The van der Waals surface area contributed by atoms with E-state index >= 15 is 0 Å². The lowest BCUT2D eigenvalue weighted by atomic mass is 10.2. The van der Waals surface area contributed by atoms with E-state index in [9.17, 15) is 4.79 Å². The third-order valence-electron chi connectivity index (χ3n) is 2.17. The molecule has 0 bridgehead atoms. The van der Waals surface area contributed by atoms with Gasteiger partial charge in [0.25, 0.3) is 0 Å². The highest BCUT2D eigenvalue weighted by molar-refractivity contribution is 9.10. The number of carbonyl (C=O) groups is 1. The lowest BCUT2D eigenvalue weighted by Gasteiger charge is -2.03. The molecule has 94 valence electrons. The number of halogens is 2. The summed E-state index contributed by atoms with van der Waals surface area (Å²) in [5, 5.41) is 11.1. The Hall–Kier alpha value is -0.300. The maximum atomic E-state index is 11.0. The van der Waals surface area contributed by atoms with Crippen LogP contribution in [0.3, 0.4) is 0 Å². The quantitative estimate of drug-likeness (QED) is 0.702. The van der Waals surface area contributed by atoms with Crippen LogP contribution in [0.4, 0.5) is 0 Å². The number of aromatic carboxylic acids is 1. The Balaban J connectivity index is 2.10. The third-order valence-corrected chi connectivity index (χ3v) is 5.79. The summed E-state index contributed by atoms with van der Waals surface area (Å²) in [6, 6.07) is 7.47.